The van der Waals surface area contributed by atoms with Gasteiger partial charge in [0.1, 0.15) is 6.07 Å². The average molecular weight is 441 g/mol. The predicted octanol–water partition coefficient (Wildman–Crippen LogP) is 5.56. The largest absolute Gasteiger partial charge is 0.428 e. The third kappa shape index (κ3) is 3.00. The van der Waals surface area contributed by atoms with Gasteiger partial charge in [-0.2, -0.15) is 49.2 Å². The molecule has 2 atom stereocenters. The first-order valence-corrected chi connectivity index (χ1v) is 6.88. The molecule has 0 spiro atoms. The van der Waals surface area contributed by atoms with Gasteiger partial charge < -0.3 is 0 Å². The Labute approximate surface area is 147 Å². The zero-order valence-corrected chi connectivity index (χ0v) is 13.2. The zero-order chi connectivity index (χ0) is 22.6. The van der Waals surface area contributed by atoms with Crippen LogP contribution in [0.2, 0.25) is 0 Å². The van der Waals surface area contributed by atoms with Crippen LogP contribution in [0.1, 0.15) is 13.3 Å². The van der Waals surface area contributed by atoms with Crippen molar-refractivity contribution in [2.45, 2.75) is 54.9 Å². The van der Waals surface area contributed by atoms with E-state index in [0.717, 1.165) is 13.0 Å². The van der Waals surface area contributed by atoms with E-state index in [0.29, 0.717) is 6.08 Å². The molecule has 0 aliphatic heterocycles. The van der Waals surface area contributed by atoms with Crippen molar-refractivity contribution in [1.82, 2.24) is 0 Å². The molecule has 0 heterocycles. The van der Waals surface area contributed by atoms with Crippen LogP contribution in [0, 0.1) is 17.2 Å². The number of hydrogen-bond donors (Lipinski definition) is 0. The highest BCUT2D eigenvalue weighted by atomic mass is 19.4. The van der Waals surface area contributed by atoms with Crippen molar-refractivity contribution in [2.75, 3.05) is 0 Å². The smallest absolute Gasteiger partial charge is 0.271 e. The van der Waals surface area contributed by atoms with E-state index in [1.54, 1.807) is 0 Å². The molecule has 0 aromatic carbocycles. The first-order valence-electron chi connectivity index (χ1n) is 6.88. The maximum Gasteiger partial charge on any atom is 0.428 e. The van der Waals surface area contributed by atoms with E-state index in [9.17, 15) is 57.1 Å². The summed E-state index contributed by atoms with van der Waals surface area (Å²) in [5.41, 5.74) is 0. The second-order valence-electron chi connectivity index (χ2n) is 5.71. The minimum Gasteiger partial charge on any atom is -0.271 e. The molecule has 1 aliphatic rings. The summed E-state index contributed by atoms with van der Waals surface area (Å²) in [5.74, 6) is -41.7. The molecule has 2 unspecified atom stereocenters. The molecule has 1 rings (SSSR count). The molecule has 0 bridgehead atoms. The topological polar surface area (TPSA) is 33.0 Å². The predicted molar refractivity (Wildman–Crippen MR) is 63.1 cm³/mol. The number of hydrogen-bond acceptors (Lipinski definition) is 2. The molecule has 1 aliphatic carbocycles. The number of nitriles is 1. The third-order valence-corrected chi connectivity index (χ3v) is 3.84. The molecular formula is C13H8F13NO. The van der Waals surface area contributed by atoms with Gasteiger partial charge in [-0.1, -0.05) is 12.2 Å². The lowest BCUT2D eigenvalue weighted by Gasteiger charge is -2.49. The Balaban J connectivity index is 3.41. The molecule has 0 N–H and O–H groups in total. The van der Waals surface area contributed by atoms with Gasteiger partial charge in [0.05, 0.1) is 0 Å². The van der Waals surface area contributed by atoms with Crippen molar-refractivity contribution >= 4 is 0 Å². The SMILES string of the molecule is C/C=C/C1CC(F)(F)C1(F)OC(F)(F)C(F)(F)C(F)(F)C(F)(F)C(F)(F)C#N. The second kappa shape index (κ2) is 6.39. The summed E-state index contributed by atoms with van der Waals surface area (Å²) in [6.07, 6.45) is -7.51. The van der Waals surface area contributed by atoms with Crippen molar-refractivity contribution < 1.29 is 61.8 Å². The van der Waals surface area contributed by atoms with Gasteiger partial charge in [0.15, 0.2) is 0 Å². The van der Waals surface area contributed by atoms with Crippen LogP contribution in [0.15, 0.2) is 12.2 Å². The normalized spacial score (nSPS) is 26.8. The van der Waals surface area contributed by atoms with Crippen LogP contribution in [0.4, 0.5) is 57.1 Å². The Morgan fingerprint density at radius 2 is 1.36 bits per heavy atom. The Kier molecular flexibility index (Phi) is 5.55. The van der Waals surface area contributed by atoms with Gasteiger partial charge in [-0.15, -0.1) is 0 Å². The highest BCUT2D eigenvalue weighted by Gasteiger charge is 2.89. The van der Waals surface area contributed by atoms with Crippen LogP contribution in [0.3, 0.4) is 0 Å². The number of alkyl halides is 13. The van der Waals surface area contributed by atoms with Gasteiger partial charge in [-0.3, -0.25) is 4.74 Å². The lowest BCUT2D eigenvalue weighted by molar-refractivity contribution is -0.500. The molecule has 15 heteroatoms. The van der Waals surface area contributed by atoms with E-state index >= 15 is 0 Å². The summed E-state index contributed by atoms with van der Waals surface area (Å²) in [7, 11) is 0. The quantitative estimate of drug-likeness (QED) is 0.383. The van der Waals surface area contributed by atoms with Crippen LogP contribution in [0.5, 0.6) is 0 Å². The molecule has 0 aromatic heterocycles. The van der Waals surface area contributed by atoms with E-state index in [4.69, 9.17) is 5.26 Å². The van der Waals surface area contributed by atoms with Crippen LogP contribution in [0.25, 0.3) is 0 Å². The van der Waals surface area contributed by atoms with Gasteiger partial charge in [0.25, 0.3) is 5.85 Å². The minimum absolute atomic E-state index is 0.419. The van der Waals surface area contributed by atoms with Gasteiger partial charge in [-0.05, 0) is 6.92 Å². The monoisotopic (exact) mass is 441 g/mol. The fourth-order valence-electron chi connectivity index (χ4n) is 2.16. The van der Waals surface area contributed by atoms with Crippen molar-refractivity contribution in [3.63, 3.8) is 0 Å². The van der Waals surface area contributed by atoms with Crippen LogP contribution >= 0.6 is 0 Å². The van der Waals surface area contributed by atoms with Crippen molar-refractivity contribution in [3.8, 4) is 6.07 Å². The fraction of sp³-hybridized carbons (Fsp3) is 0.769. The summed E-state index contributed by atoms with van der Waals surface area (Å²) in [6, 6.07) is -0.767. The molecule has 1 fully saturated rings. The van der Waals surface area contributed by atoms with Crippen LogP contribution < -0.4 is 0 Å². The summed E-state index contributed by atoms with van der Waals surface area (Å²) in [6.45, 7) is 1.04. The van der Waals surface area contributed by atoms with Gasteiger partial charge in [0, 0.05) is 12.3 Å². The fourth-order valence-corrected chi connectivity index (χ4v) is 2.16. The second-order valence-corrected chi connectivity index (χ2v) is 5.71. The Bertz CT molecular complexity index is 680. The van der Waals surface area contributed by atoms with Gasteiger partial charge >= 0.3 is 35.7 Å². The lowest BCUT2D eigenvalue weighted by Crippen LogP contribution is -2.71. The van der Waals surface area contributed by atoms with E-state index in [2.05, 4.69) is 4.74 Å². The highest BCUT2D eigenvalue weighted by Crippen LogP contribution is 2.62. The summed E-state index contributed by atoms with van der Waals surface area (Å²) in [4.78, 5) is 0. The maximum absolute atomic E-state index is 14.1. The number of allylic oxidation sites excluding steroid dienone is 1. The number of ether oxygens (including phenoxy) is 1. The van der Waals surface area contributed by atoms with E-state index < -0.39 is 60.0 Å². The molecule has 0 saturated heterocycles. The maximum atomic E-state index is 14.1. The van der Waals surface area contributed by atoms with Crippen molar-refractivity contribution in [3.05, 3.63) is 12.2 Å². The summed E-state index contributed by atoms with van der Waals surface area (Å²) in [5, 5.41) is 7.71. The number of halogens is 13. The van der Waals surface area contributed by atoms with E-state index in [1.165, 1.54) is 0 Å². The van der Waals surface area contributed by atoms with E-state index in [-0.39, 0.29) is 0 Å². The van der Waals surface area contributed by atoms with Crippen molar-refractivity contribution in [2.24, 2.45) is 5.92 Å². The first kappa shape index (κ1) is 24.3. The van der Waals surface area contributed by atoms with Crippen molar-refractivity contribution in [1.29, 1.82) is 5.26 Å². The highest BCUT2D eigenvalue weighted by molar-refractivity contribution is 5.16. The number of rotatable bonds is 7. The summed E-state index contributed by atoms with van der Waals surface area (Å²) < 4.78 is 175. The average Bonchev–Trinajstić information content (AvgIpc) is 2.53. The zero-order valence-electron chi connectivity index (χ0n) is 13.2. The molecule has 0 amide bonds. The molecule has 28 heavy (non-hydrogen) atoms. The van der Waals surface area contributed by atoms with Gasteiger partial charge in [0.2, 0.25) is 0 Å². The lowest BCUT2D eigenvalue weighted by atomic mass is 9.75. The molecular weight excluding hydrogens is 433 g/mol. The Hall–Kier alpha value is -1.72. The number of nitrogens with zero attached hydrogens (tertiary/aromatic N) is 1. The van der Waals surface area contributed by atoms with Gasteiger partial charge in [-0.25, -0.2) is 13.2 Å². The summed E-state index contributed by atoms with van der Waals surface area (Å²) >= 11 is 0. The molecule has 0 aromatic rings. The van der Waals surface area contributed by atoms with E-state index in [1.807, 2.05) is 0 Å². The van der Waals surface area contributed by atoms with Crippen LogP contribution in [-0.4, -0.2) is 41.6 Å². The first-order chi connectivity index (χ1) is 12.2. The standard InChI is InChI=1S/C13H8F13NO/c1-2-3-6-4-7(14,15)9(6,18)28-13(25,26)12(23,24)11(21,22)10(19,20)8(16,17)5-27/h2-3,6H,4H2,1H3/b3-2+. The molecule has 2 nitrogen and oxygen atoms in total. The molecule has 0 radical (unpaired) electrons. The Morgan fingerprint density at radius 3 is 1.71 bits per heavy atom. The van der Waals surface area contributed by atoms with Crippen LogP contribution in [-0.2, 0) is 4.74 Å². The molecule has 1 saturated carbocycles. The molecule has 162 valence electrons. The Morgan fingerprint density at radius 1 is 0.893 bits per heavy atom. The minimum atomic E-state index is -7.73. The third-order valence-electron chi connectivity index (χ3n) is 3.84.